The molecule has 4 nitrogen and oxygen atoms in total. The summed E-state index contributed by atoms with van der Waals surface area (Å²) >= 11 is 0. The van der Waals surface area contributed by atoms with E-state index in [2.05, 4.69) is 24.2 Å². The number of hydrogen-bond donors (Lipinski definition) is 1. The highest BCUT2D eigenvalue weighted by Gasteiger charge is 2.33. The molecule has 1 heterocycles. The maximum atomic E-state index is 11.9. The second-order valence-electron chi connectivity index (χ2n) is 5.51. The molecule has 1 aliphatic carbocycles. The second-order valence-corrected chi connectivity index (χ2v) is 5.51. The number of carbonyl (C=O) groups is 1. The largest absolute Gasteiger partial charge is 0.325 e. The normalized spacial score (nSPS) is 30.8. The first kappa shape index (κ1) is 12.8. The van der Waals surface area contributed by atoms with Gasteiger partial charge in [-0.25, -0.2) is 0 Å². The third kappa shape index (κ3) is 2.80. The lowest BCUT2D eigenvalue weighted by Gasteiger charge is -2.28. The molecular formula is C13H25N3O. The van der Waals surface area contributed by atoms with Crippen LogP contribution in [0.1, 0.15) is 39.5 Å². The minimum absolute atomic E-state index is 0.0122. The van der Waals surface area contributed by atoms with Crippen LogP contribution in [0.3, 0.4) is 0 Å². The van der Waals surface area contributed by atoms with Crippen LogP contribution >= 0.6 is 0 Å². The van der Waals surface area contributed by atoms with E-state index in [1.54, 1.807) is 0 Å². The summed E-state index contributed by atoms with van der Waals surface area (Å²) in [6, 6.07) is 0.732. The highest BCUT2D eigenvalue weighted by Crippen LogP contribution is 2.22. The lowest BCUT2D eigenvalue weighted by molar-refractivity contribution is -0.129. The SMILES string of the molecule is CC1NC(C)N(CCN(C)C2CCCC2)C1=O. The fourth-order valence-electron chi connectivity index (χ4n) is 3.06. The summed E-state index contributed by atoms with van der Waals surface area (Å²) in [6.07, 6.45) is 5.58. The smallest absolute Gasteiger partial charge is 0.240 e. The molecule has 4 heteroatoms. The van der Waals surface area contributed by atoms with E-state index in [0.29, 0.717) is 0 Å². The molecule has 1 N–H and O–H groups in total. The molecule has 1 saturated carbocycles. The summed E-state index contributed by atoms with van der Waals surface area (Å²) in [7, 11) is 2.19. The van der Waals surface area contributed by atoms with E-state index < -0.39 is 0 Å². The molecule has 0 aromatic carbocycles. The van der Waals surface area contributed by atoms with Crippen LogP contribution in [0.5, 0.6) is 0 Å². The van der Waals surface area contributed by atoms with Crippen molar-refractivity contribution in [2.45, 2.75) is 57.8 Å². The molecule has 1 saturated heterocycles. The van der Waals surface area contributed by atoms with Gasteiger partial charge < -0.3 is 9.80 Å². The summed E-state index contributed by atoms with van der Waals surface area (Å²) < 4.78 is 0. The Hall–Kier alpha value is -0.610. The monoisotopic (exact) mass is 239 g/mol. The van der Waals surface area contributed by atoms with Gasteiger partial charge in [-0.05, 0) is 33.7 Å². The molecule has 17 heavy (non-hydrogen) atoms. The van der Waals surface area contributed by atoms with E-state index in [1.807, 2.05) is 11.8 Å². The van der Waals surface area contributed by atoms with Gasteiger partial charge in [0.25, 0.3) is 0 Å². The van der Waals surface area contributed by atoms with E-state index in [1.165, 1.54) is 25.7 Å². The number of nitrogens with zero attached hydrogens (tertiary/aromatic N) is 2. The molecule has 0 aromatic rings. The van der Waals surface area contributed by atoms with Gasteiger partial charge in [0.2, 0.25) is 5.91 Å². The Morgan fingerprint density at radius 2 is 2.00 bits per heavy atom. The Balaban J connectivity index is 1.79. The van der Waals surface area contributed by atoms with E-state index in [4.69, 9.17) is 0 Å². The van der Waals surface area contributed by atoms with Crippen molar-refractivity contribution < 1.29 is 4.79 Å². The summed E-state index contributed by atoms with van der Waals surface area (Å²) in [5, 5.41) is 3.27. The second kappa shape index (κ2) is 5.36. The van der Waals surface area contributed by atoms with E-state index >= 15 is 0 Å². The summed E-state index contributed by atoms with van der Waals surface area (Å²) in [4.78, 5) is 16.3. The summed E-state index contributed by atoms with van der Waals surface area (Å²) in [6.45, 7) is 5.86. The maximum absolute atomic E-state index is 11.9. The zero-order valence-electron chi connectivity index (χ0n) is 11.3. The fraction of sp³-hybridized carbons (Fsp3) is 0.923. The number of nitrogens with one attached hydrogen (secondary N) is 1. The highest BCUT2D eigenvalue weighted by molar-refractivity contribution is 5.83. The van der Waals surface area contributed by atoms with E-state index in [0.717, 1.165) is 19.1 Å². The van der Waals surface area contributed by atoms with Crippen molar-refractivity contribution in [2.24, 2.45) is 0 Å². The van der Waals surface area contributed by atoms with Crippen molar-refractivity contribution in [2.75, 3.05) is 20.1 Å². The van der Waals surface area contributed by atoms with Gasteiger partial charge in [0.1, 0.15) is 0 Å². The Bertz CT molecular complexity index is 276. The van der Waals surface area contributed by atoms with Gasteiger partial charge in [0.05, 0.1) is 12.2 Å². The van der Waals surface area contributed by atoms with E-state index in [9.17, 15) is 4.79 Å². The quantitative estimate of drug-likeness (QED) is 0.796. The molecule has 0 aromatic heterocycles. The average molecular weight is 239 g/mol. The molecule has 98 valence electrons. The van der Waals surface area contributed by atoms with Crippen molar-refractivity contribution in [3.63, 3.8) is 0 Å². The Labute approximate surface area is 104 Å². The average Bonchev–Trinajstić information content (AvgIpc) is 2.88. The molecule has 1 amide bonds. The molecule has 2 aliphatic rings. The third-order valence-corrected chi connectivity index (χ3v) is 4.25. The molecule has 0 spiro atoms. The van der Waals surface area contributed by atoms with Gasteiger partial charge in [-0.2, -0.15) is 0 Å². The molecule has 2 rings (SSSR count). The molecule has 2 atom stereocenters. The van der Waals surface area contributed by atoms with Crippen LogP contribution in [0, 0.1) is 0 Å². The number of carbonyl (C=O) groups excluding carboxylic acids is 1. The molecule has 1 aliphatic heterocycles. The number of hydrogen-bond acceptors (Lipinski definition) is 3. The van der Waals surface area contributed by atoms with Crippen LogP contribution in [0.4, 0.5) is 0 Å². The Morgan fingerprint density at radius 3 is 2.53 bits per heavy atom. The first-order valence-corrected chi connectivity index (χ1v) is 6.86. The minimum atomic E-state index is -0.0122. The van der Waals surface area contributed by atoms with Crippen molar-refractivity contribution in [3.8, 4) is 0 Å². The predicted molar refractivity (Wildman–Crippen MR) is 68.7 cm³/mol. The van der Waals surface area contributed by atoms with Gasteiger partial charge in [0, 0.05) is 19.1 Å². The number of rotatable bonds is 4. The molecule has 0 radical (unpaired) electrons. The van der Waals surface area contributed by atoms with Crippen molar-refractivity contribution >= 4 is 5.91 Å². The maximum Gasteiger partial charge on any atom is 0.240 e. The molecule has 0 bridgehead atoms. The Morgan fingerprint density at radius 1 is 1.35 bits per heavy atom. The van der Waals surface area contributed by atoms with Crippen LogP contribution in [0.25, 0.3) is 0 Å². The summed E-state index contributed by atoms with van der Waals surface area (Å²) in [5.74, 6) is 0.248. The van der Waals surface area contributed by atoms with Crippen molar-refractivity contribution in [1.82, 2.24) is 15.1 Å². The van der Waals surface area contributed by atoms with Gasteiger partial charge >= 0.3 is 0 Å². The van der Waals surface area contributed by atoms with Crippen LogP contribution in [-0.4, -0.2) is 54.1 Å². The zero-order chi connectivity index (χ0) is 12.4. The lowest BCUT2D eigenvalue weighted by atomic mass is 10.2. The van der Waals surface area contributed by atoms with Gasteiger partial charge in [-0.15, -0.1) is 0 Å². The predicted octanol–water partition coefficient (Wildman–Crippen LogP) is 1.03. The van der Waals surface area contributed by atoms with Crippen LogP contribution in [0.2, 0.25) is 0 Å². The molecular weight excluding hydrogens is 214 g/mol. The first-order valence-electron chi connectivity index (χ1n) is 6.86. The van der Waals surface area contributed by atoms with E-state index in [-0.39, 0.29) is 18.1 Å². The zero-order valence-corrected chi connectivity index (χ0v) is 11.3. The Kier molecular flexibility index (Phi) is 4.05. The van der Waals surface area contributed by atoms with Crippen LogP contribution < -0.4 is 5.32 Å². The number of amides is 1. The van der Waals surface area contributed by atoms with Gasteiger partial charge in [-0.3, -0.25) is 10.1 Å². The molecule has 2 fully saturated rings. The highest BCUT2D eigenvalue weighted by atomic mass is 16.2. The number of likely N-dealkylation sites (N-methyl/N-ethyl adjacent to an activating group) is 1. The third-order valence-electron chi connectivity index (χ3n) is 4.25. The lowest BCUT2D eigenvalue weighted by Crippen LogP contribution is -2.42. The van der Waals surface area contributed by atoms with Gasteiger partial charge in [-0.1, -0.05) is 12.8 Å². The first-order chi connectivity index (χ1) is 8.09. The minimum Gasteiger partial charge on any atom is -0.325 e. The topological polar surface area (TPSA) is 35.6 Å². The standard InChI is InChI=1S/C13H25N3O/c1-10-13(17)16(11(2)14-10)9-8-15(3)12-6-4-5-7-12/h10-12,14H,4-9H2,1-3H3. The van der Waals surface area contributed by atoms with Crippen molar-refractivity contribution in [1.29, 1.82) is 0 Å². The van der Waals surface area contributed by atoms with Gasteiger partial charge in [0.15, 0.2) is 0 Å². The summed E-state index contributed by atoms with van der Waals surface area (Å²) in [5.41, 5.74) is 0. The molecule has 2 unspecified atom stereocenters. The fourth-order valence-corrected chi connectivity index (χ4v) is 3.06. The van der Waals surface area contributed by atoms with Crippen LogP contribution in [-0.2, 0) is 4.79 Å². The van der Waals surface area contributed by atoms with Crippen molar-refractivity contribution in [3.05, 3.63) is 0 Å². The van der Waals surface area contributed by atoms with Crippen LogP contribution in [0.15, 0.2) is 0 Å².